The molecule has 1 fully saturated rings. The van der Waals surface area contributed by atoms with Crippen LogP contribution in [-0.2, 0) is 14.8 Å². The zero-order valence-electron chi connectivity index (χ0n) is 11.8. The predicted molar refractivity (Wildman–Crippen MR) is 76.3 cm³/mol. The molecule has 9 heteroatoms. The Kier molecular flexibility index (Phi) is 4.97. The smallest absolute Gasteiger partial charge is 0.387 e. The van der Waals surface area contributed by atoms with Crippen molar-refractivity contribution in [2.75, 3.05) is 18.1 Å². The molecule has 1 aliphatic rings. The van der Waals surface area contributed by atoms with Crippen molar-refractivity contribution in [2.45, 2.75) is 25.5 Å². The van der Waals surface area contributed by atoms with E-state index in [1.807, 2.05) is 0 Å². The Labute approximate surface area is 127 Å². The first-order valence-electron chi connectivity index (χ1n) is 6.60. The van der Waals surface area contributed by atoms with Gasteiger partial charge in [0.2, 0.25) is 15.9 Å². The van der Waals surface area contributed by atoms with Gasteiger partial charge in [-0.15, -0.1) is 0 Å². The summed E-state index contributed by atoms with van der Waals surface area (Å²) >= 11 is 0. The summed E-state index contributed by atoms with van der Waals surface area (Å²) in [4.78, 5) is 12.2. The average molecular weight is 334 g/mol. The van der Waals surface area contributed by atoms with E-state index in [0.29, 0.717) is 25.1 Å². The number of rotatable bonds is 5. The highest BCUT2D eigenvalue weighted by Gasteiger charge is 2.36. The highest BCUT2D eigenvalue weighted by Crippen LogP contribution is 2.23. The molecule has 2 rings (SSSR count). The van der Waals surface area contributed by atoms with Gasteiger partial charge in [-0.05, 0) is 37.1 Å². The van der Waals surface area contributed by atoms with E-state index >= 15 is 0 Å². The lowest BCUT2D eigenvalue weighted by atomic mass is 10.2. The van der Waals surface area contributed by atoms with Crippen LogP contribution in [0.5, 0.6) is 5.75 Å². The molecule has 0 unspecified atom stereocenters. The van der Waals surface area contributed by atoms with Gasteiger partial charge in [0.25, 0.3) is 0 Å². The topological polar surface area (TPSA) is 75.7 Å². The first kappa shape index (κ1) is 16.6. The molecule has 0 radical (unpaired) electrons. The van der Waals surface area contributed by atoms with E-state index < -0.39 is 28.6 Å². The summed E-state index contributed by atoms with van der Waals surface area (Å²) in [6.45, 7) is -2.60. The minimum Gasteiger partial charge on any atom is -0.435 e. The zero-order chi connectivity index (χ0) is 16.3. The van der Waals surface area contributed by atoms with Gasteiger partial charge in [-0.2, -0.15) is 13.1 Å². The van der Waals surface area contributed by atoms with Gasteiger partial charge < -0.3 is 10.1 Å². The summed E-state index contributed by atoms with van der Waals surface area (Å²) in [7, 11) is -3.44. The van der Waals surface area contributed by atoms with Crippen LogP contribution < -0.4 is 10.1 Å². The van der Waals surface area contributed by atoms with Crippen LogP contribution in [0.25, 0.3) is 0 Å². The van der Waals surface area contributed by atoms with Crippen LogP contribution in [0.4, 0.5) is 14.5 Å². The van der Waals surface area contributed by atoms with Gasteiger partial charge in [-0.1, -0.05) is 0 Å². The molecule has 1 saturated heterocycles. The summed E-state index contributed by atoms with van der Waals surface area (Å²) < 4.78 is 52.7. The predicted octanol–water partition coefficient (Wildman–Crippen LogP) is 1.65. The molecule has 1 aliphatic heterocycles. The van der Waals surface area contributed by atoms with Crippen LogP contribution >= 0.6 is 0 Å². The molecule has 0 saturated carbocycles. The fourth-order valence-corrected chi connectivity index (χ4v) is 3.47. The molecule has 1 heterocycles. The van der Waals surface area contributed by atoms with E-state index in [4.69, 9.17) is 0 Å². The van der Waals surface area contributed by atoms with Crippen molar-refractivity contribution in [1.82, 2.24) is 4.31 Å². The molecular weight excluding hydrogens is 318 g/mol. The molecule has 22 heavy (non-hydrogen) atoms. The molecule has 6 nitrogen and oxygen atoms in total. The van der Waals surface area contributed by atoms with Crippen molar-refractivity contribution < 1.29 is 26.7 Å². The van der Waals surface area contributed by atoms with Gasteiger partial charge in [0, 0.05) is 12.2 Å². The molecule has 1 aromatic rings. The van der Waals surface area contributed by atoms with Crippen molar-refractivity contribution in [3.8, 4) is 5.75 Å². The number of sulfonamides is 1. The number of halogens is 2. The van der Waals surface area contributed by atoms with Gasteiger partial charge in [0.1, 0.15) is 11.8 Å². The Morgan fingerprint density at radius 3 is 2.55 bits per heavy atom. The fraction of sp³-hybridized carbons (Fsp3) is 0.462. The molecule has 122 valence electrons. The number of hydrogen-bond donors (Lipinski definition) is 1. The third-order valence-corrected chi connectivity index (χ3v) is 4.57. The largest absolute Gasteiger partial charge is 0.435 e. The number of amides is 1. The number of carbonyl (C=O) groups is 1. The summed E-state index contributed by atoms with van der Waals surface area (Å²) in [6, 6.07) is 4.67. The van der Waals surface area contributed by atoms with Gasteiger partial charge in [0.05, 0.1) is 6.26 Å². The first-order valence-corrected chi connectivity index (χ1v) is 8.45. The lowest BCUT2D eigenvalue weighted by molar-refractivity contribution is -0.119. The Hall–Kier alpha value is -1.74. The lowest BCUT2D eigenvalue weighted by Crippen LogP contribution is -2.42. The van der Waals surface area contributed by atoms with E-state index in [1.54, 1.807) is 0 Å². The van der Waals surface area contributed by atoms with Crippen LogP contribution in [0.15, 0.2) is 24.3 Å². The van der Waals surface area contributed by atoms with E-state index in [-0.39, 0.29) is 5.75 Å². The van der Waals surface area contributed by atoms with E-state index in [1.165, 1.54) is 24.3 Å². The maximum atomic E-state index is 12.2. The van der Waals surface area contributed by atoms with Gasteiger partial charge in [0.15, 0.2) is 0 Å². The molecule has 0 aliphatic carbocycles. The Bertz CT molecular complexity index is 634. The second-order valence-corrected chi connectivity index (χ2v) is 6.86. The molecular formula is C13H16F2N2O4S. The standard InChI is InChI=1S/C13H16F2N2O4S/c1-22(19,20)17-8-2-3-11(17)12(18)16-9-4-6-10(7-5-9)21-13(14)15/h4-7,11,13H,2-3,8H2,1H3,(H,16,18)/t11-/m1/s1. The zero-order valence-corrected chi connectivity index (χ0v) is 12.6. The minimum absolute atomic E-state index is 0.0216. The van der Waals surface area contributed by atoms with Gasteiger partial charge in [-0.3, -0.25) is 4.79 Å². The number of carbonyl (C=O) groups excluding carboxylic acids is 1. The molecule has 1 atom stereocenters. The average Bonchev–Trinajstić information content (AvgIpc) is 2.89. The molecule has 0 aromatic heterocycles. The third kappa shape index (κ3) is 4.14. The van der Waals surface area contributed by atoms with Crippen molar-refractivity contribution in [2.24, 2.45) is 0 Å². The number of alkyl halides is 2. The van der Waals surface area contributed by atoms with Gasteiger partial charge in [-0.25, -0.2) is 8.42 Å². The molecule has 1 amide bonds. The number of anilines is 1. The van der Waals surface area contributed by atoms with Crippen molar-refractivity contribution in [3.05, 3.63) is 24.3 Å². The third-order valence-electron chi connectivity index (χ3n) is 3.28. The second kappa shape index (κ2) is 6.57. The van der Waals surface area contributed by atoms with Crippen molar-refractivity contribution in [1.29, 1.82) is 0 Å². The number of nitrogens with one attached hydrogen (secondary N) is 1. The number of hydrogen-bond acceptors (Lipinski definition) is 4. The van der Waals surface area contributed by atoms with Crippen molar-refractivity contribution in [3.63, 3.8) is 0 Å². The van der Waals surface area contributed by atoms with Gasteiger partial charge >= 0.3 is 6.61 Å². The summed E-state index contributed by atoms with van der Waals surface area (Å²) in [5, 5.41) is 2.58. The maximum Gasteiger partial charge on any atom is 0.387 e. The monoisotopic (exact) mass is 334 g/mol. The summed E-state index contributed by atoms with van der Waals surface area (Å²) in [5.41, 5.74) is 0.381. The Morgan fingerprint density at radius 1 is 1.36 bits per heavy atom. The van der Waals surface area contributed by atoms with Crippen LogP contribution in [0, 0.1) is 0 Å². The highest BCUT2D eigenvalue weighted by molar-refractivity contribution is 7.88. The normalized spacial score (nSPS) is 19.4. The summed E-state index contributed by atoms with van der Waals surface area (Å²) in [6.07, 6.45) is 2.13. The Morgan fingerprint density at radius 2 is 2.00 bits per heavy atom. The lowest BCUT2D eigenvalue weighted by Gasteiger charge is -2.21. The van der Waals surface area contributed by atoms with E-state index in [9.17, 15) is 22.0 Å². The SMILES string of the molecule is CS(=O)(=O)N1CCC[C@@H]1C(=O)Nc1ccc(OC(F)F)cc1. The molecule has 1 N–H and O–H groups in total. The first-order chi connectivity index (χ1) is 10.3. The summed E-state index contributed by atoms with van der Waals surface area (Å²) in [5.74, 6) is -0.461. The molecule has 0 spiro atoms. The van der Waals surface area contributed by atoms with Crippen molar-refractivity contribution >= 4 is 21.6 Å². The second-order valence-electron chi connectivity index (χ2n) is 4.92. The number of benzene rings is 1. The van der Waals surface area contributed by atoms with E-state index in [0.717, 1.165) is 10.6 Å². The molecule has 0 bridgehead atoms. The number of nitrogens with zero attached hydrogens (tertiary/aromatic N) is 1. The fourth-order valence-electron chi connectivity index (χ4n) is 2.34. The maximum absolute atomic E-state index is 12.2. The van der Waals surface area contributed by atoms with Crippen LogP contribution in [-0.4, -0.2) is 44.1 Å². The quantitative estimate of drug-likeness (QED) is 0.888. The number of ether oxygens (including phenoxy) is 1. The molecule has 1 aromatic carbocycles. The van der Waals surface area contributed by atoms with Crippen LogP contribution in [0.3, 0.4) is 0 Å². The van der Waals surface area contributed by atoms with Crippen LogP contribution in [0.2, 0.25) is 0 Å². The Balaban J connectivity index is 2.02. The van der Waals surface area contributed by atoms with Crippen LogP contribution in [0.1, 0.15) is 12.8 Å². The minimum atomic E-state index is -3.44. The van der Waals surface area contributed by atoms with E-state index in [2.05, 4.69) is 10.1 Å². The highest BCUT2D eigenvalue weighted by atomic mass is 32.2.